The maximum Gasteiger partial charge on any atom is 0.306 e. The van der Waals surface area contributed by atoms with E-state index in [4.69, 9.17) is 10.2 Å². The lowest BCUT2D eigenvalue weighted by Gasteiger charge is -2.26. The van der Waals surface area contributed by atoms with E-state index < -0.39 is 11.9 Å². The molecule has 0 aromatic carbocycles. The fraction of sp³-hybridized carbons (Fsp3) is 0.889. The van der Waals surface area contributed by atoms with Gasteiger partial charge in [-0.2, -0.15) is 0 Å². The van der Waals surface area contributed by atoms with Gasteiger partial charge in [0.05, 0.1) is 12.3 Å². The maximum absolute atomic E-state index is 10.9. The predicted octanol–water partition coefficient (Wildman–Crippen LogP) is 4.82. The lowest BCUT2D eigenvalue weighted by atomic mass is 9.78. The van der Waals surface area contributed by atoms with Crippen LogP contribution in [0.2, 0.25) is 0 Å². The molecule has 0 saturated carbocycles. The first-order valence-corrected chi connectivity index (χ1v) is 8.52. The number of hydrogen-bond donors (Lipinski definition) is 2. The summed E-state index contributed by atoms with van der Waals surface area (Å²) in [6.45, 7) is 10.1. The standard InChI is InChI=1S/C18H34O4/c1-6-15(10-14(3)17(21)22)9-7-8-13(2)11-18(4,5)12-16(19)20/h13-15H,6-12H2,1-5H3,(H,19,20)(H,21,22). The molecule has 0 aromatic heterocycles. The second-order valence-corrected chi connectivity index (χ2v) is 7.72. The van der Waals surface area contributed by atoms with E-state index in [-0.39, 0.29) is 17.8 Å². The largest absolute Gasteiger partial charge is 0.481 e. The number of carboxylic acid groups (broad SMARTS) is 2. The SMILES string of the molecule is CCC(CCCC(C)CC(C)(C)CC(=O)O)CC(C)C(=O)O. The summed E-state index contributed by atoms with van der Waals surface area (Å²) in [5.41, 5.74) is -0.159. The lowest BCUT2D eigenvalue weighted by Crippen LogP contribution is -2.20. The van der Waals surface area contributed by atoms with Crippen molar-refractivity contribution in [3.05, 3.63) is 0 Å². The molecule has 0 aliphatic heterocycles. The van der Waals surface area contributed by atoms with Crippen LogP contribution in [-0.4, -0.2) is 22.2 Å². The Bertz CT molecular complexity index is 349. The number of carboxylic acids is 2. The average molecular weight is 314 g/mol. The van der Waals surface area contributed by atoms with Crippen LogP contribution in [0.15, 0.2) is 0 Å². The molecule has 0 aromatic rings. The first kappa shape index (κ1) is 20.9. The number of aliphatic carboxylic acids is 2. The minimum absolute atomic E-state index is 0.159. The van der Waals surface area contributed by atoms with E-state index in [0.29, 0.717) is 11.8 Å². The Morgan fingerprint density at radius 3 is 2.14 bits per heavy atom. The fourth-order valence-corrected chi connectivity index (χ4v) is 3.37. The Morgan fingerprint density at radius 2 is 1.68 bits per heavy atom. The number of carbonyl (C=O) groups is 2. The molecule has 3 unspecified atom stereocenters. The molecular weight excluding hydrogens is 280 g/mol. The van der Waals surface area contributed by atoms with E-state index in [1.54, 1.807) is 6.92 Å². The molecule has 2 N–H and O–H groups in total. The molecule has 130 valence electrons. The highest BCUT2D eigenvalue weighted by atomic mass is 16.4. The Balaban J connectivity index is 4.11. The Labute approximate surface area is 135 Å². The summed E-state index contributed by atoms with van der Waals surface area (Å²) in [6.07, 6.45) is 6.15. The minimum Gasteiger partial charge on any atom is -0.481 e. The van der Waals surface area contributed by atoms with Crippen molar-refractivity contribution in [2.45, 2.75) is 79.6 Å². The molecule has 0 amide bonds. The first-order valence-electron chi connectivity index (χ1n) is 8.52. The summed E-state index contributed by atoms with van der Waals surface area (Å²) in [5.74, 6) is -0.723. The van der Waals surface area contributed by atoms with Gasteiger partial charge in [-0.3, -0.25) is 9.59 Å². The van der Waals surface area contributed by atoms with Crippen LogP contribution in [0.4, 0.5) is 0 Å². The van der Waals surface area contributed by atoms with Gasteiger partial charge >= 0.3 is 11.9 Å². The zero-order valence-electron chi connectivity index (χ0n) is 14.9. The van der Waals surface area contributed by atoms with Gasteiger partial charge in [0.15, 0.2) is 0 Å². The van der Waals surface area contributed by atoms with Crippen molar-refractivity contribution in [2.75, 3.05) is 0 Å². The zero-order valence-corrected chi connectivity index (χ0v) is 14.9. The Hall–Kier alpha value is -1.06. The highest BCUT2D eigenvalue weighted by molar-refractivity contribution is 5.69. The molecule has 3 atom stereocenters. The van der Waals surface area contributed by atoms with Gasteiger partial charge in [-0.05, 0) is 30.1 Å². The number of hydrogen-bond acceptors (Lipinski definition) is 2. The smallest absolute Gasteiger partial charge is 0.306 e. The molecule has 0 radical (unpaired) electrons. The van der Waals surface area contributed by atoms with Crippen molar-refractivity contribution in [3.8, 4) is 0 Å². The predicted molar refractivity (Wildman–Crippen MR) is 88.9 cm³/mol. The molecule has 0 aliphatic carbocycles. The molecule has 0 fully saturated rings. The summed E-state index contributed by atoms with van der Waals surface area (Å²) in [5, 5.41) is 17.9. The molecule has 0 bridgehead atoms. The second kappa shape index (κ2) is 9.86. The normalized spacial score (nSPS) is 16.0. The first-order chi connectivity index (χ1) is 10.1. The van der Waals surface area contributed by atoms with Crippen LogP contribution in [0.3, 0.4) is 0 Å². The molecule has 0 saturated heterocycles. The minimum atomic E-state index is -0.731. The third-order valence-electron chi connectivity index (χ3n) is 4.53. The average Bonchev–Trinajstić information content (AvgIpc) is 2.34. The van der Waals surface area contributed by atoms with Crippen molar-refractivity contribution >= 4 is 11.9 Å². The quantitative estimate of drug-likeness (QED) is 0.541. The van der Waals surface area contributed by atoms with E-state index in [1.807, 2.05) is 13.8 Å². The Morgan fingerprint density at radius 1 is 1.09 bits per heavy atom. The van der Waals surface area contributed by atoms with Crippen LogP contribution in [0.5, 0.6) is 0 Å². The van der Waals surface area contributed by atoms with Crippen molar-refractivity contribution in [1.29, 1.82) is 0 Å². The highest BCUT2D eigenvalue weighted by Gasteiger charge is 2.24. The van der Waals surface area contributed by atoms with E-state index >= 15 is 0 Å². The molecule has 4 nitrogen and oxygen atoms in total. The Kier molecular flexibility index (Phi) is 9.38. The van der Waals surface area contributed by atoms with Crippen LogP contribution >= 0.6 is 0 Å². The summed E-state index contributed by atoms with van der Waals surface area (Å²) in [4.78, 5) is 21.8. The van der Waals surface area contributed by atoms with Gasteiger partial charge in [0.25, 0.3) is 0 Å². The zero-order chi connectivity index (χ0) is 17.3. The van der Waals surface area contributed by atoms with Crippen LogP contribution in [-0.2, 0) is 9.59 Å². The highest BCUT2D eigenvalue weighted by Crippen LogP contribution is 2.32. The van der Waals surface area contributed by atoms with Crippen molar-refractivity contribution in [1.82, 2.24) is 0 Å². The van der Waals surface area contributed by atoms with Gasteiger partial charge < -0.3 is 10.2 Å². The monoisotopic (exact) mass is 314 g/mol. The van der Waals surface area contributed by atoms with E-state index in [0.717, 1.165) is 38.5 Å². The van der Waals surface area contributed by atoms with Gasteiger partial charge in [-0.25, -0.2) is 0 Å². The van der Waals surface area contributed by atoms with E-state index in [1.165, 1.54) is 0 Å². The van der Waals surface area contributed by atoms with Gasteiger partial charge in [-0.15, -0.1) is 0 Å². The molecule has 0 aliphatic rings. The van der Waals surface area contributed by atoms with Crippen molar-refractivity contribution in [2.24, 2.45) is 23.2 Å². The summed E-state index contributed by atoms with van der Waals surface area (Å²) < 4.78 is 0. The van der Waals surface area contributed by atoms with E-state index in [9.17, 15) is 9.59 Å². The third-order valence-corrected chi connectivity index (χ3v) is 4.53. The van der Waals surface area contributed by atoms with Crippen LogP contribution < -0.4 is 0 Å². The van der Waals surface area contributed by atoms with E-state index in [2.05, 4.69) is 13.8 Å². The fourth-order valence-electron chi connectivity index (χ4n) is 3.37. The maximum atomic E-state index is 10.9. The molecule has 22 heavy (non-hydrogen) atoms. The molecule has 0 spiro atoms. The van der Waals surface area contributed by atoms with Crippen LogP contribution in [0.1, 0.15) is 79.6 Å². The summed E-state index contributed by atoms with van der Waals surface area (Å²) >= 11 is 0. The van der Waals surface area contributed by atoms with Crippen molar-refractivity contribution < 1.29 is 19.8 Å². The van der Waals surface area contributed by atoms with Crippen molar-refractivity contribution in [3.63, 3.8) is 0 Å². The van der Waals surface area contributed by atoms with Gasteiger partial charge in [-0.1, -0.05) is 60.3 Å². The molecular formula is C18H34O4. The molecule has 4 heteroatoms. The molecule has 0 heterocycles. The summed E-state index contributed by atoms with van der Waals surface area (Å²) in [7, 11) is 0. The second-order valence-electron chi connectivity index (χ2n) is 7.72. The molecule has 0 rings (SSSR count). The topological polar surface area (TPSA) is 74.6 Å². The van der Waals surface area contributed by atoms with Crippen LogP contribution in [0, 0.1) is 23.2 Å². The third kappa shape index (κ3) is 9.80. The number of rotatable bonds is 12. The lowest BCUT2D eigenvalue weighted by molar-refractivity contribution is -0.142. The van der Waals surface area contributed by atoms with Gasteiger partial charge in [0.2, 0.25) is 0 Å². The summed E-state index contributed by atoms with van der Waals surface area (Å²) in [6, 6.07) is 0. The van der Waals surface area contributed by atoms with Gasteiger partial charge in [0.1, 0.15) is 0 Å². The van der Waals surface area contributed by atoms with Gasteiger partial charge in [0, 0.05) is 0 Å². The van der Waals surface area contributed by atoms with Crippen LogP contribution in [0.25, 0.3) is 0 Å².